The van der Waals surface area contributed by atoms with E-state index in [0.29, 0.717) is 11.8 Å². The molecule has 1 aromatic carbocycles. The summed E-state index contributed by atoms with van der Waals surface area (Å²) >= 11 is 0. The monoisotopic (exact) mass is 281 g/mol. The standard InChI is InChI=1S/C14H11N5O2/c1-2-9-10-5-8(13-18-15-6-20-13)3-4-11(10)17-12(9)14-19-16-7-21-14/h3-7,17H,2H2,1H3. The maximum Gasteiger partial charge on any atom is 0.264 e. The van der Waals surface area contributed by atoms with Gasteiger partial charge in [0.1, 0.15) is 5.69 Å². The highest BCUT2D eigenvalue weighted by Crippen LogP contribution is 2.32. The lowest BCUT2D eigenvalue weighted by Crippen LogP contribution is -1.85. The van der Waals surface area contributed by atoms with Crippen molar-refractivity contribution in [3.63, 3.8) is 0 Å². The van der Waals surface area contributed by atoms with Crippen LogP contribution >= 0.6 is 0 Å². The lowest BCUT2D eigenvalue weighted by molar-refractivity contribution is 0.566. The van der Waals surface area contributed by atoms with Gasteiger partial charge in [-0.25, -0.2) is 0 Å². The predicted octanol–water partition coefficient (Wildman–Crippen LogP) is 2.83. The van der Waals surface area contributed by atoms with Crippen LogP contribution in [0.3, 0.4) is 0 Å². The zero-order chi connectivity index (χ0) is 14.2. The van der Waals surface area contributed by atoms with Gasteiger partial charge in [0.05, 0.1) is 0 Å². The molecule has 0 aliphatic rings. The summed E-state index contributed by atoms with van der Waals surface area (Å²) in [5, 5.41) is 16.4. The van der Waals surface area contributed by atoms with Crippen molar-refractivity contribution in [2.75, 3.05) is 0 Å². The van der Waals surface area contributed by atoms with Crippen LogP contribution in [0.5, 0.6) is 0 Å². The Morgan fingerprint density at radius 3 is 2.48 bits per heavy atom. The minimum Gasteiger partial charge on any atom is -0.423 e. The van der Waals surface area contributed by atoms with Crippen molar-refractivity contribution < 1.29 is 8.83 Å². The van der Waals surface area contributed by atoms with Crippen LogP contribution in [0.25, 0.3) is 33.9 Å². The molecule has 1 N–H and O–H groups in total. The van der Waals surface area contributed by atoms with E-state index >= 15 is 0 Å². The summed E-state index contributed by atoms with van der Waals surface area (Å²) in [6.07, 6.45) is 3.48. The molecule has 3 heterocycles. The predicted molar refractivity (Wildman–Crippen MR) is 74.3 cm³/mol. The minimum atomic E-state index is 0.488. The van der Waals surface area contributed by atoms with E-state index in [2.05, 4.69) is 32.3 Å². The molecule has 0 aliphatic heterocycles. The molecule has 0 amide bonds. The Labute approximate surface area is 119 Å². The fourth-order valence-electron chi connectivity index (χ4n) is 2.51. The van der Waals surface area contributed by atoms with Crippen LogP contribution in [-0.2, 0) is 6.42 Å². The Bertz CT molecular complexity index is 878. The molecule has 7 nitrogen and oxygen atoms in total. The second kappa shape index (κ2) is 4.55. The minimum absolute atomic E-state index is 0.488. The van der Waals surface area contributed by atoms with Crippen LogP contribution in [0.1, 0.15) is 12.5 Å². The highest BCUT2D eigenvalue weighted by molar-refractivity contribution is 5.92. The van der Waals surface area contributed by atoms with E-state index in [0.717, 1.165) is 34.1 Å². The molecule has 104 valence electrons. The van der Waals surface area contributed by atoms with Crippen LogP contribution in [0, 0.1) is 0 Å². The summed E-state index contributed by atoms with van der Waals surface area (Å²) in [4.78, 5) is 3.33. The van der Waals surface area contributed by atoms with Crippen LogP contribution in [0.15, 0.2) is 39.8 Å². The highest BCUT2D eigenvalue weighted by atomic mass is 16.4. The van der Waals surface area contributed by atoms with Crippen LogP contribution in [-0.4, -0.2) is 25.4 Å². The molecule has 0 aliphatic carbocycles. The molecule has 0 fully saturated rings. The fourth-order valence-corrected chi connectivity index (χ4v) is 2.51. The SMILES string of the molecule is CCc1c(-c2nnco2)[nH]c2ccc(-c3nnco3)cc12. The molecule has 0 saturated heterocycles. The average Bonchev–Trinajstić information content (AvgIpc) is 3.25. The number of benzene rings is 1. The molecule has 0 saturated carbocycles. The maximum atomic E-state index is 5.30. The van der Waals surface area contributed by atoms with Crippen LogP contribution in [0.2, 0.25) is 0 Å². The van der Waals surface area contributed by atoms with E-state index in [1.807, 2.05) is 18.2 Å². The second-order valence-electron chi connectivity index (χ2n) is 4.58. The van der Waals surface area contributed by atoms with Gasteiger partial charge in [-0.3, -0.25) is 0 Å². The third-order valence-electron chi connectivity index (χ3n) is 3.44. The Morgan fingerprint density at radius 1 is 1.05 bits per heavy atom. The average molecular weight is 281 g/mol. The van der Waals surface area contributed by atoms with E-state index < -0.39 is 0 Å². The van der Waals surface area contributed by atoms with Gasteiger partial charge in [-0.2, -0.15) is 0 Å². The van der Waals surface area contributed by atoms with Crippen LogP contribution < -0.4 is 0 Å². The number of hydrogen-bond donors (Lipinski definition) is 1. The summed E-state index contributed by atoms with van der Waals surface area (Å²) in [6.45, 7) is 2.09. The highest BCUT2D eigenvalue weighted by Gasteiger charge is 2.16. The summed E-state index contributed by atoms with van der Waals surface area (Å²) in [6, 6.07) is 5.94. The maximum absolute atomic E-state index is 5.30. The lowest BCUT2D eigenvalue weighted by atomic mass is 10.1. The summed E-state index contributed by atoms with van der Waals surface area (Å²) in [5.41, 5.74) is 3.86. The molecule has 4 aromatic rings. The zero-order valence-corrected chi connectivity index (χ0v) is 11.2. The van der Waals surface area contributed by atoms with Gasteiger partial charge in [-0.05, 0) is 30.2 Å². The molecular weight excluding hydrogens is 270 g/mol. The van der Waals surface area contributed by atoms with Crippen molar-refractivity contribution in [2.24, 2.45) is 0 Å². The van der Waals surface area contributed by atoms with Crippen molar-refractivity contribution in [1.29, 1.82) is 0 Å². The van der Waals surface area contributed by atoms with Crippen molar-refractivity contribution in [2.45, 2.75) is 13.3 Å². The molecule has 3 aromatic heterocycles. The van der Waals surface area contributed by atoms with E-state index in [-0.39, 0.29) is 0 Å². The Kier molecular flexibility index (Phi) is 2.56. The van der Waals surface area contributed by atoms with Crippen molar-refractivity contribution in [1.82, 2.24) is 25.4 Å². The topological polar surface area (TPSA) is 93.6 Å². The number of aromatic nitrogens is 5. The number of hydrogen-bond acceptors (Lipinski definition) is 6. The van der Waals surface area contributed by atoms with Gasteiger partial charge >= 0.3 is 0 Å². The molecule has 0 radical (unpaired) electrons. The van der Waals surface area contributed by atoms with Gasteiger partial charge in [-0.15, -0.1) is 20.4 Å². The number of nitrogens with zero attached hydrogens (tertiary/aromatic N) is 4. The first-order valence-corrected chi connectivity index (χ1v) is 6.54. The van der Waals surface area contributed by atoms with Gasteiger partial charge < -0.3 is 13.8 Å². The first-order valence-electron chi connectivity index (χ1n) is 6.54. The normalized spacial score (nSPS) is 11.3. The number of nitrogens with one attached hydrogen (secondary N) is 1. The quantitative estimate of drug-likeness (QED) is 0.620. The molecule has 0 unspecified atom stereocenters. The smallest absolute Gasteiger partial charge is 0.264 e. The van der Waals surface area contributed by atoms with E-state index in [9.17, 15) is 0 Å². The number of H-pyrrole nitrogens is 1. The second-order valence-corrected chi connectivity index (χ2v) is 4.58. The van der Waals surface area contributed by atoms with Gasteiger partial charge in [-0.1, -0.05) is 6.92 Å². The van der Waals surface area contributed by atoms with Gasteiger partial charge in [0.25, 0.3) is 5.89 Å². The van der Waals surface area contributed by atoms with Crippen LogP contribution in [0.4, 0.5) is 0 Å². The van der Waals surface area contributed by atoms with Gasteiger partial charge in [0, 0.05) is 16.5 Å². The van der Waals surface area contributed by atoms with E-state index in [1.54, 1.807) is 0 Å². The molecular formula is C14H11N5O2. The number of aromatic amines is 1. The van der Waals surface area contributed by atoms with E-state index in [4.69, 9.17) is 8.83 Å². The Hall–Kier alpha value is -2.96. The van der Waals surface area contributed by atoms with Crippen molar-refractivity contribution in [3.8, 4) is 23.0 Å². The lowest BCUT2D eigenvalue weighted by Gasteiger charge is -1.98. The summed E-state index contributed by atoms with van der Waals surface area (Å²) in [7, 11) is 0. The first kappa shape index (κ1) is 11.8. The third kappa shape index (κ3) is 1.82. The molecule has 21 heavy (non-hydrogen) atoms. The summed E-state index contributed by atoms with van der Waals surface area (Å²) in [5.74, 6) is 0.988. The molecule has 0 bridgehead atoms. The van der Waals surface area contributed by atoms with E-state index in [1.165, 1.54) is 12.8 Å². The van der Waals surface area contributed by atoms with Crippen molar-refractivity contribution in [3.05, 3.63) is 36.5 Å². The number of fused-ring (bicyclic) bond motifs is 1. The molecule has 0 atom stereocenters. The third-order valence-corrected chi connectivity index (χ3v) is 3.44. The summed E-state index contributed by atoms with van der Waals surface area (Å²) < 4.78 is 10.5. The van der Waals surface area contributed by atoms with Gasteiger partial charge in [0.15, 0.2) is 0 Å². The number of rotatable bonds is 3. The first-order chi connectivity index (χ1) is 10.4. The van der Waals surface area contributed by atoms with Crippen molar-refractivity contribution >= 4 is 10.9 Å². The molecule has 0 spiro atoms. The zero-order valence-electron chi connectivity index (χ0n) is 11.2. The molecule has 4 rings (SSSR count). The Morgan fingerprint density at radius 2 is 1.81 bits per heavy atom. The largest absolute Gasteiger partial charge is 0.423 e. The number of aryl methyl sites for hydroxylation is 1. The molecule has 7 heteroatoms. The fraction of sp³-hybridized carbons (Fsp3) is 0.143. The van der Waals surface area contributed by atoms with Gasteiger partial charge in [0.2, 0.25) is 18.7 Å². The Balaban J connectivity index is 1.95.